The summed E-state index contributed by atoms with van der Waals surface area (Å²) in [6.45, 7) is 9.67. The minimum absolute atomic E-state index is 0.104. The Morgan fingerprint density at radius 2 is 1.97 bits per heavy atom. The van der Waals surface area contributed by atoms with Crippen LogP contribution in [0.1, 0.15) is 58.1 Å². The summed E-state index contributed by atoms with van der Waals surface area (Å²) < 4.78 is 9.17. The highest BCUT2D eigenvalue weighted by Crippen LogP contribution is 2.34. The van der Waals surface area contributed by atoms with Crippen LogP contribution in [0, 0.1) is 0 Å². The van der Waals surface area contributed by atoms with Crippen molar-refractivity contribution >= 4 is 28.6 Å². The molecule has 0 aliphatic carbocycles. The van der Waals surface area contributed by atoms with Crippen molar-refractivity contribution in [2.45, 2.75) is 77.2 Å². The highest BCUT2D eigenvalue weighted by Gasteiger charge is 2.37. The molecule has 4 atom stereocenters. The molecular weight excluding hydrogens is 478 g/mol. The minimum atomic E-state index is -0.288. The van der Waals surface area contributed by atoms with Crippen LogP contribution in [0.3, 0.4) is 0 Å². The molecule has 0 bridgehead atoms. The lowest BCUT2D eigenvalue weighted by Gasteiger charge is -2.48. The summed E-state index contributed by atoms with van der Waals surface area (Å²) in [5.74, 6) is 0.636. The molecule has 0 unspecified atom stereocenters. The summed E-state index contributed by atoms with van der Waals surface area (Å²) in [6, 6.07) is 8.99. The molecule has 2 fully saturated rings. The van der Waals surface area contributed by atoms with Gasteiger partial charge in [0.15, 0.2) is 17.0 Å². The third-order valence-corrected chi connectivity index (χ3v) is 8.05. The summed E-state index contributed by atoms with van der Waals surface area (Å²) in [7, 11) is 1.74. The molecule has 0 amide bonds. The Bertz CT molecular complexity index is 1250. The summed E-state index contributed by atoms with van der Waals surface area (Å²) in [6.07, 6.45) is 4.16. The second-order valence-electron chi connectivity index (χ2n) is 10.1. The zero-order valence-corrected chi connectivity index (χ0v) is 22.4. The fraction of sp³-hybridized carbons (Fsp3) is 0.615. The number of rotatable bonds is 7. The van der Waals surface area contributed by atoms with Crippen molar-refractivity contribution < 1.29 is 4.74 Å². The third-order valence-electron chi connectivity index (χ3n) is 7.80. The Morgan fingerprint density at radius 3 is 2.64 bits per heavy atom. The van der Waals surface area contributed by atoms with Gasteiger partial charge in [-0.15, -0.1) is 5.10 Å². The second kappa shape index (κ2) is 10.5. The normalized spacial score (nSPS) is 24.0. The molecule has 5 rings (SSSR count). The second-order valence-corrected chi connectivity index (χ2v) is 10.5. The third kappa shape index (κ3) is 4.64. The van der Waals surface area contributed by atoms with Crippen molar-refractivity contribution in [3.8, 4) is 0 Å². The topological polar surface area (TPSA) is 81.3 Å². The number of fused-ring (bicyclic) bond motifs is 1. The van der Waals surface area contributed by atoms with E-state index in [0.29, 0.717) is 35.6 Å². The molecule has 36 heavy (non-hydrogen) atoms. The molecule has 0 spiro atoms. The Morgan fingerprint density at radius 1 is 1.19 bits per heavy atom. The predicted octanol–water partition coefficient (Wildman–Crippen LogP) is 3.80. The number of halogens is 1. The molecule has 1 aromatic carbocycles. The van der Waals surface area contributed by atoms with Gasteiger partial charge >= 0.3 is 5.69 Å². The first-order valence-electron chi connectivity index (χ1n) is 13.1. The molecule has 4 heterocycles. The Balaban J connectivity index is 1.47. The van der Waals surface area contributed by atoms with E-state index in [2.05, 4.69) is 58.0 Å². The van der Waals surface area contributed by atoms with Crippen LogP contribution in [0.15, 0.2) is 29.1 Å². The summed E-state index contributed by atoms with van der Waals surface area (Å²) in [4.78, 5) is 22.3. The number of hydrogen-bond acceptors (Lipinski definition) is 7. The number of ether oxygens (including phenoxy) is 1. The first kappa shape index (κ1) is 25.2. The zero-order valence-electron chi connectivity index (χ0n) is 21.6. The Hall–Kier alpha value is -2.49. The zero-order chi connectivity index (χ0) is 25.4. The van der Waals surface area contributed by atoms with E-state index < -0.39 is 0 Å². The van der Waals surface area contributed by atoms with Crippen molar-refractivity contribution in [1.29, 1.82) is 0 Å². The van der Waals surface area contributed by atoms with Crippen molar-refractivity contribution in [2.75, 3.05) is 24.6 Å². The number of hydrogen-bond donors (Lipinski definition) is 0. The van der Waals surface area contributed by atoms with Gasteiger partial charge in [-0.25, -0.2) is 9.48 Å². The van der Waals surface area contributed by atoms with E-state index >= 15 is 0 Å². The highest BCUT2D eigenvalue weighted by molar-refractivity contribution is 6.30. The van der Waals surface area contributed by atoms with Crippen LogP contribution in [0.25, 0.3) is 11.2 Å². The monoisotopic (exact) mass is 513 g/mol. The summed E-state index contributed by atoms with van der Waals surface area (Å²) in [5, 5.41) is 9.70. The molecule has 2 aliphatic rings. The van der Waals surface area contributed by atoms with Gasteiger partial charge in [0, 0.05) is 49.9 Å². The first-order valence-corrected chi connectivity index (χ1v) is 13.5. The fourth-order valence-corrected chi connectivity index (χ4v) is 5.98. The highest BCUT2D eigenvalue weighted by atomic mass is 35.5. The molecule has 3 aromatic rings. The standard InChI is InChI=1S/C26H36ClN7O2/c1-5-20-15-32(17(3)14-33(20)22(6-2)18-9-11-19(27)12-10-18)24-23-25(31(4)26(35)28-24)34(30-29-23)16-21-8-7-13-36-21/h9-12,17,20-22H,5-8,13-16H2,1-4H3/t17-,20+,21-,22-/m0/s1. The fourth-order valence-electron chi connectivity index (χ4n) is 5.85. The van der Waals surface area contributed by atoms with Crippen LogP contribution in [0.5, 0.6) is 0 Å². The molecule has 2 aliphatic heterocycles. The molecule has 0 radical (unpaired) electrons. The van der Waals surface area contributed by atoms with Crippen molar-refractivity contribution in [2.24, 2.45) is 7.05 Å². The number of aryl methyl sites for hydroxylation is 1. The average molecular weight is 514 g/mol. The number of aromatic nitrogens is 5. The van der Waals surface area contributed by atoms with Gasteiger partial charge in [0.25, 0.3) is 0 Å². The van der Waals surface area contributed by atoms with Gasteiger partial charge in [0.2, 0.25) is 0 Å². The van der Waals surface area contributed by atoms with Gasteiger partial charge in [-0.1, -0.05) is 42.8 Å². The molecule has 9 nitrogen and oxygen atoms in total. The van der Waals surface area contributed by atoms with Gasteiger partial charge < -0.3 is 9.64 Å². The van der Waals surface area contributed by atoms with Crippen LogP contribution < -0.4 is 10.6 Å². The van der Waals surface area contributed by atoms with Crippen LogP contribution >= 0.6 is 11.6 Å². The molecule has 2 saturated heterocycles. The molecule has 194 valence electrons. The molecule has 0 N–H and O–H groups in total. The number of nitrogens with zero attached hydrogens (tertiary/aromatic N) is 7. The number of piperazine rings is 1. The maximum absolute atomic E-state index is 13.0. The Kier molecular flexibility index (Phi) is 7.32. The SMILES string of the molecule is CC[C@@H]1CN(c2nc(=O)n(C)c3c2nnn3C[C@@H]2CCCO2)[C@@H](C)CN1[C@@H](CC)c1ccc(Cl)cc1. The average Bonchev–Trinajstić information content (AvgIpc) is 3.54. The van der Waals surface area contributed by atoms with Crippen molar-refractivity contribution in [3.05, 3.63) is 45.3 Å². The van der Waals surface area contributed by atoms with E-state index in [0.717, 1.165) is 50.4 Å². The van der Waals surface area contributed by atoms with E-state index in [1.165, 1.54) is 5.56 Å². The summed E-state index contributed by atoms with van der Waals surface area (Å²) >= 11 is 6.16. The number of benzene rings is 1. The lowest BCUT2D eigenvalue weighted by Crippen LogP contribution is -2.58. The maximum Gasteiger partial charge on any atom is 0.351 e. The van der Waals surface area contributed by atoms with Gasteiger partial charge in [-0.05, 0) is 50.3 Å². The lowest BCUT2D eigenvalue weighted by molar-refractivity contribution is 0.0939. The minimum Gasteiger partial charge on any atom is -0.376 e. The molecule has 2 aromatic heterocycles. The number of anilines is 1. The van der Waals surface area contributed by atoms with Gasteiger partial charge in [0.1, 0.15) is 0 Å². The van der Waals surface area contributed by atoms with E-state index in [1.807, 2.05) is 16.8 Å². The van der Waals surface area contributed by atoms with E-state index in [4.69, 9.17) is 16.3 Å². The van der Waals surface area contributed by atoms with Crippen LogP contribution in [0.4, 0.5) is 5.82 Å². The van der Waals surface area contributed by atoms with Crippen molar-refractivity contribution in [3.63, 3.8) is 0 Å². The largest absolute Gasteiger partial charge is 0.376 e. The van der Waals surface area contributed by atoms with Crippen LogP contribution in [0.2, 0.25) is 5.02 Å². The lowest BCUT2D eigenvalue weighted by atomic mass is 9.96. The van der Waals surface area contributed by atoms with Gasteiger partial charge in [0.05, 0.1) is 12.6 Å². The van der Waals surface area contributed by atoms with Crippen molar-refractivity contribution in [1.82, 2.24) is 29.4 Å². The maximum atomic E-state index is 13.0. The van der Waals surface area contributed by atoms with Gasteiger partial charge in [-0.2, -0.15) is 4.98 Å². The van der Waals surface area contributed by atoms with Gasteiger partial charge in [-0.3, -0.25) is 9.47 Å². The molecular formula is C26H36ClN7O2. The first-order chi connectivity index (χ1) is 17.4. The predicted molar refractivity (Wildman–Crippen MR) is 142 cm³/mol. The summed E-state index contributed by atoms with van der Waals surface area (Å²) in [5.41, 5.74) is 2.38. The molecule has 10 heteroatoms. The van der Waals surface area contributed by atoms with E-state index in [9.17, 15) is 4.79 Å². The molecule has 0 saturated carbocycles. The van der Waals surface area contributed by atoms with E-state index in [-0.39, 0.29) is 17.8 Å². The van der Waals surface area contributed by atoms with Crippen LogP contribution in [-0.4, -0.2) is 67.3 Å². The Labute approximate surface area is 217 Å². The van der Waals surface area contributed by atoms with E-state index in [1.54, 1.807) is 11.6 Å². The smallest absolute Gasteiger partial charge is 0.351 e. The van der Waals surface area contributed by atoms with Crippen LogP contribution in [-0.2, 0) is 18.3 Å². The quantitative estimate of drug-likeness (QED) is 0.475.